The van der Waals surface area contributed by atoms with Crippen molar-refractivity contribution in [2.75, 3.05) is 27.4 Å². The minimum absolute atomic E-state index is 0.0136. The summed E-state index contributed by atoms with van der Waals surface area (Å²) in [6.45, 7) is 1.52. The van der Waals surface area contributed by atoms with Crippen molar-refractivity contribution in [1.82, 2.24) is 0 Å². The van der Waals surface area contributed by atoms with E-state index in [9.17, 15) is 9.90 Å². The van der Waals surface area contributed by atoms with Gasteiger partial charge < -0.3 is 24.1 Å². The van der Waals surface area contributed by atoms with Gasteiger partial charge in [0.2, 0.25) is 0 Å². The molecule has 11 heteroatoms. The number of hydrogen-bond donors (Lipinski definition) is 1. The lowest BCUT2D eigenvalue weighted by Crippen LogP contribution is -2.33. The molecule has 0 bridgehead atoms. The Labute approximate surface area is 196 Å². The molecule has 0 aromatic heterocycles. The smallest absolute Gasteiger partial charge is 0.306 e. The summed E-state index contributed by atoms with van der Waals surface area (Å²) < 4.78 is 22.5. The maximum atomic E-state index is 12.8. The van der Waals surface area contributed by atoms with Crippen molar-refractivity contribution < 1.29 is 28.8 Å². The predicted molar refractivity (Wildman–Crippen MR) is 122 cm³/mol. The molecule has 2 aromatic carbocycles. The van der Waals surface area contributed by atoms with Crippen molar-refractivity contribution in [1.29, 1.82) is 0 Å². The number of rotatable bonds is 13. The van der Waals surface area contributed by atoms with Crippen LogP contribution in [0.1, 0.15) is 30.1 Å². The van der Waals surface area contributed by atoms with Crippen LogP contribution in [0.4, 0.5) is 0 Å². The summed E-state index contributed by atoms with van der Waals surface area (Å²) in [4.78, 5) is 15.5. The molecule has 180 valence electrons. The third kappa shape index (κ3) is 6.15. The van der Waals surface area contributed by atoms with E-state index < -0.39 is 30.4 Å². The van der Waals surface area contributed by atoms with Crippen LogP contribution in [0.25, 0.3) is 10.4 Å². The molecule has 34 heavy (non-hydrogen) atoms. The quantitative estimate of drug-likeness (QED) is 0.200. The zero-order chi connectivity index (χ0) is 24.6. The number of azide groups is 1. The van der Waals surface area contributed by atoms with Gasteiger partial charge in [0.1, 0.15) is 5.75 Å². The molecule has 0 aliphatic carbocycles. The number of nitrogens with zero attached hydrogens (tertiary/aromatic N) is 5. The van der Waals surface area contributed by atoms with Crippen LogP contribution >= 0.6 is 0 Å². The van der Waals surface area contributed by atoms with E-state index in [-0.39, 0.29) is 19.4 Å². The molecule has 11 nitrogen and oxygen atoms in total. The highest BCUT2D eigenvalue weighted by molar-refractivity contribution is 5.70. The molecule has 0 saturated carbocycles. The molecule has 2 unspecified atom stereocenters. The highest BCUT2D eigenvalue weighted by Crippen LogP contribution is 2.36. The highest BCUT2D eigenvalue weighted by atomic mass is 16.6. The standard InChI is InChI=1S/C23H27N5O6/c1-15-6-4-5-7-17(15)33-20(13-29)22(16-8-9-18(31-2)19(12-16)32-3)34-21(30)10-11-23(26-27-23)14-25-28-24/h4-9,12,20,22,29H,10-11,13-14H2,1-3H3. The fourth-order valence-corrected chi connectivity index (χ4v) is 3.40. The molecule has 1 aliphatic rings. The van der Waals surface area contributed by atoms with Gasteiger partial charge in [-0.15, -0.1) is 0 Å². The van der Waals surface area contributed by atoms with Gasteiger partial charge in [0.15, 0.2) is 29.4 Å². The Morgan fingerprint density at radius 3 is 2.50 bits per heavy atom. The van der Waals surface area contributed by atoms with Crippen LogP contribution in [0.2, 0.25) is 0 Å². The molecular formula is C23H27N5O6. The first kappa shape index (κ1) is 24.8. The zero-order valence-corrected chi connectivity index (χ0v) is 19.2. The minimum Gasteiger partial charge on any atom is -0.493 e. The molecule has 2 aromatic rings. The second-order valence-electron chi connectivity index (χ2n) is 7.70. The van der Waals surface area contributed by atoms with E-state index in [0.717, 1.165) is 5.56 Å². The van der Waals surface area contributed by atoms with Gasteiger partial charge in [-0.25, -0.2) is 0 Å². The molecule has 2 atom stereocenters. The van der Waals surface area contributed by atoms with Gasteiger partial charge in [-0.2, -0.15) is 10.2 Å². The predicted octanol–water partition coefficient (Wildman–Crippen LogP) is 4.29. The van der Waals surface area contributed by atoms with Gasteiger partial charge >= 0.3 is 5.97 Å². The lowest BCUT2D eigenvalue weighted by molar-refractivity contribution is -0.156. The minimum atomic E-state index is -0.946. The van der Waals surface area contributed by atoms with Crippen molar-refractivity contribution in [3.63, 3.8) is 0 Å². The van der Waals surface area contributed by atoms with Crippen molar-refractivity contribution in [2.24, 2.45) is 15.3 Å². The van der Waals surface area contributed by atoms with Gasteiger partial charge in [0, 0.05) is 23.3 Å². The van der Waals surface area contributed by atoms with Gasteiger partial charge in [-0.05, 0) is 36.2 Å². The Balaban J connectivity index is 1.83. The van der Waals surface area contributed by atoms with Crippen LogP contribution in [0, 0.1) is 6.92 Å². The first-order valence-corrected chi connectivity index (χ1v) is 10.6. The van der Waals surface area contributed by atoms with Crippen LogP contribution < -0.4 is 14.2 Å². The number of carbonyl (C=O) groups is 1. The molecule has 0 saturated heterocycles. The number of ether oxygens (including phenoxy) is 4. The van der Waals surface area contributed by atoms with Crippen LogP contribution in [-0.2, 0) is 9.53 Å². The van der Waals surface area contributed by atoms with Gasteiger partial charge in [-0.3, -0.25) is 4.79 Å². The maximum Gasteiger partial charge on any atom is 0.306 e. The number of aliphatic hydroxyl groups excluding tert-OH is 1. The SMILES string of the molecule is COc1ccc(C(OC(=O)CCC2(CN=[N+]=[N-])N=N2)C(CO)Oc2ccccc2C)cc1OC. The second kappa shape index (κ2) is 11.4. The number of hydrogen-bond acceptors (Lipinski definition) is 9. The molecule has 1 aliphatic heterocycles. The van der Waals surface area contributed by atoms with Crippen molar-refractivity contribution in [3.8, 4) is 17.2 Å². The second-order valence-corrected chi connectivity index (χ2v) is 7.70. The van der Waals surface area contributed by atoms with E-state index in [1.165, 1.54) is 14.2 Å². The van der Waals surface area contributed by atoms with Crippen LogP contribution in [-0.4, -0.2) is 50.2 Å². The van der Waals surface area contributed by atoms with Gasteiger partial charge in [0.25, 0.3) is 0 Å². The summed E-state index contributed by atoms with van der Waals surface area (Å²) in [6.07, 6.45) is -1.61. The highest BCUT2D eigenvalue weighted by Gasteiger charge is 2.40. The van der Waals surface area contributed by atoms with Crippen LogP contribution in [0.5, 0.6) is 17.2 Å². The Morgan fingerprint density at radius 2 is 1.88 bits per heavy atom. The molecule has 0 radical (unpaired) electrons. The lowest BCUT2D eigenvalue weighted by Gasteiger charge is -2.28. The summed E-state index contributed by atoms with van der Waals surface area (Å²) in [7, 11) is 3.02. The topological polar surface area (TPSA) is 148 Å². The number of methoxy groups -OCH3 is 2. The number of benzene rings is 2. The van der Waals surface area contributed by atoms with Gasteiger partial charge in [0.05, 0.1) is 27.4 Å². The van der Waals surface area contributed by atoms with Gasteiger partial charge in [-0.1, -0.05) is 29.4 Å². The van der Waals surface area contributed by atoms with Crippen molar-refractivity contribution in [2.45, 2.75) is 37.6 Å². The molecule has 3 rings (SSSR count). The van der Waals surface area contributed by atoms with E-state index in [4.69, 9.17) is 24.5 Å². The lowest BCUT2D eigenvalue weighted by atomic mass is 10.0. The van der Waals surface area contributed by atoms with E-state index in [2.05, 4.69) is 20.3 Å². The van der Waals surface area contributed by atoms with E-state index in [1.54, 1.807) is 24.3 Å². The molecule has 0 fully saturated rings. The van der Waals surface area contributed by atoms with Crippen molar-refractivity contribution in [3.05, 3.63) is 64.0 Å². The third-order valence-electron chi connectivity index (χ3n) is 5.38. The Hall–Kier alpha value is -3.82. The van der Waals surface area contributed by atoms with E-state index in [0.29, 0.717) is 22.8 Å². The average molecular weight is 469 g/mol. The summed E-state index contributed by atoms with van der Waals surface area (Å²) in [5.41, 5.74) is 9.08. The number of aryl methyl sites for hydroxylation is 1. The fourth-order valence-electron chi connectivity index (χ4n) is 3.40. The monoisotopic (exact) mass is 469 g/mol. The Bertz CT molecular complexity index is 1080. The van der Waals surface area contributed by atoms with Crippen LogP contribution in [0.15, 0.2) is 57.8 Å². The number of para-hydroxylation sites is 1. The average Bonchev–Trinajstić information content (AvgIpc) is 3.64. The summed E-state index contributed by atoms with van der Waals surface area (Å²) >= 11 is 0. The van der Waals surface area contributed by atoms with Crippen molar-refractivity contribution >= 4 is 5.97 Å². The summed E-state index contributed by atoms with van der Waals surface area (Å²) in [5, 5.41) is 21.4. The largest absolute Gasteiger partial charge is 0.493 e. The molecule has 0 amide bonds. The Kier molecular flexibility index (Phi) is 8.29. The zero-order valence-electron chi connectivity index (χ0n) is 19.2. The molecular weight excluding hydrogens is 442 g/mol. The molecule has 0 spiro atoms. The van der Waals surface area contributed by atoms with Crippen LogP contribution in [0.3, 0.4) is 0 Å². The van der Waals surface area contributed by atoms with E-state index >= 15 is 0 Å². The maximum absolute atomic E-state index is 12.8. The van der Waals surface area contributed by atoms with E-state index in [1.807, 2.05) is 25.1 Å². The summed E-state index contributed by atoms with van der Waals surface area (Å²) in [6, 6.07) is 12.4. The number of esters is 1. The Morgan fingerprint density at radius 1 is 1.15 bits per heavy atom. The number of aliphatic hydroxyl groups is 1. The number of carbonyl (C=O) groups excluding carboxylic acids is 1. The first-order valence-electron chi connectivity index (χ1n) is 10.6. The normalized spacial score (nSPS) is 14.9. The first-order chi connectivity index (χ1) is 16.4. The fraction of sp³-hybridized carbons (Fsp3) is 0.435. The molecule has 1 heterocycles. The molecule has 1 N–H and O–H groups in total. The summed E-state index contributed by atoms with van der Waals surface area (Å²) in [5.74, 6) is 0.974. The third-order valence-corrected chi connectivity index (χ3v) is 5.38.